The largest absolute Gasteiger partial charge is 0.323 e. The first-order chi connectivity index (χ1) is 14.1. The van der Waals surface area contributed by atoms with Crippen LogP contribution in [0, 0.1) is 6.92 Å². The minimum Gasteiger partial charge on any atom is -0.322 e. The summed E-state index contributed by atoms with van der Waals surface area (Å²) in [5.41, 5.74) is 6.01. The summed E-state index contributed by atoms with van der Waals surface area (Å²) in [4.78, 5) is 26.7. The number of hydrogen-bond acceptors (Lipinski definition) is 4. The van der Waals surface area contributed by atoms with E-state index in [-0.39, 0.29) is 11.7 Å². The van der Waals surface area contributed by atoms with Gasteiger partial charge in [-0.15, -0.1) is 0 Å². The van der Waals surface area contributed by atoms with E-state index in [0.29, 0.717) is 12.0 Å². The Morgan fingerprint density at radius 2 is 1.76 bits per heavy atom. The third-order valence-electron chi connectivity index (χ3n) is 4.98. The molecule has 4 heteroatoms. The highest BCUT2D eigenvalue weighted by Gasteiger charge is 2.17. The first-order valence-corrected chi connectivity index (χ1v) is 9.46. The van der Waals surface area contributed by atoms with Crippen LogP contribution in [0.3, 0.4) is 0 Å². The lowest BCUT2D eigenvalue weighted by Gasteiger charge is -2.20. The molecular weight excluding hydrogens is 362 g/mol. The Bertz CT molecular complexity index is 1030. The van der Waals surface area contributed by atoms with Gasteiger partial charge in [-0.2, -0.15) is 0 Å². The Labute approximate surface area is 170 Å². The van der Waals surface area contributed by atoms with E-state index >= 15 is 0 Å². The van der Waals surface area contributed by atoms with E-state index < -0.39 is 0 Å². The van der Waals surface area contributed by atoms with Crippen LogP contribution in [-0.4, -0.2) is 18.5 Å². The highest BCUT2D eigenvalue weighted by atomic mass is 16.7. The minimum absolute atomic E-state index is 0.0491. The summed E-state index contributed by atoms with van der Waals surface area (Å²) in [7, 11) is 0. The van der Waals surface area contributed by atoms with Gasteiger partial charge in [-0.05, 0) is 60.2 Å². The van der Waals surface area contributed by atoms with Crippen LogP contribution in [0.15, 0.2) is 78.0 Å². The molecule has 0 aromatic heterocycles. The smallest absolute Gasteiger partial charge is 0.322 e. The lowest BCUT2D eigenvalue weighted by atomic mass is 9.84. The number of benzene rings is 3. The lowest BCUT2D eigenvalue weighted by molar-refractivity contribution is -0.128. The number of oxime groups is 1. The SMILES string of the molecule is CC(=O)c1cccc(C(Cc2ccccc2)c2ccc(C)c(/C=N\OC=O)c2)c1. The Balaban J connectivity index is 2.05. The van der Waals surface area contributed by atoms with Gasteiger partial charge in [0.1, 0.15) is 0 Å². The van der Waals surface area contributed by atoms with Gasteiger partial charge in [0.05, 0.1) is 6.21 Å². The summed E-state index contributed by atoms with van der Waals surface area (Å²) in [5, 5.41) is 3.68. The molecule has 29 heavy (non-hydrogen) atoms. The fourth-order valence-corrected chi connectivity index (χ4v) is 3.38. The first kappa shape index (κ1) is 20.2. The summed E-state index contributed by atoms with van der Waals surface area (Å²) in [6.45, 7) is 3.86. The van der Waals surface area contributed by atoms with Crippen molar-refractivity contribution in [3.05, 3.63) is 106 Å². The molecule has 0 amide bonds. The molecule has 3 aromatic rings. The van der Waals surface area contributed by atoms with Crippen LogP contribution in [0.5, 0.6) is 0 Å². The number of aryl methyl sites for hydroxylation is 1. The van der Waals surface area contributed by atoms with Crippen LogP contribution in [0.2, 0.25) is 0 Å². The van der Waals surface area contributed by atoms with Crippen molar-refractivity contribution in [2.24, 2.45) is 5.16 Å². The van der Waals surface area contributed by atoms with Gasteiger partial charge in [0.15, 0.2) is 5.78 Å². The maximum absolute atomic E-state index is 11.9. The summed E-state index contributed by atoms with van der Waals surface area (Å²) < 4.78 is 0. The van der Waals surface area contributed by atoms with E-state index in [1.807, 2.05) is 49.4 Å². The molecule has 0 aliphatic rings. The van der Waals surface area contributed by atoms with Crippen LogP contribution in [0.25, 0.3) is 0 Å². The van der Waals surface area contributed by atoms with Crippen LogP contribution < -0.4 is 0 Å². The molecule has 0 N–H and O–H groups in total. The Hall–Kier alpha value is -3.53. The number of carbonyl (C=O) groups is 2. The molecule has 146 valence electrons. The number of Topliss-reactive ketones (excluding diaryl/α,β-unsaturated/α-hetero) is 1. The normalized spacial score (nSPS) is 11.9. The molecule has 3 aromatic carbocycles. The first-order valence-electron chi connectivity index (χ1n) is 9.46. The Morgan fingerprint density at radius 1 is 1.00 bits per heavy atom. The molecule has 0 fully saturated rings. The molecule has 1 atom stereocenters. The van der Waals surface area contributed by atoms with Gasteiger partial charge in [-0.1, -0.05) is 65.8 Å². The average molecular weight is 385 g/mol. The van der Waals surface area contributed by atoms with Crippen molar-refractivity contribution in [3.63, 3.8) is 0 Å². The molecule has 0 bridgehead atoms. The molecule has 0 aliphatic heterocycles. The van der Waals surface area contributed by atoms with Gasteiger partial charge in [0, 0.05) is 11.5 Å². The number of nitrogens with zero attached hydrogens (tertiary/aromatic N) is 1. The van der Waals surface area contributed by atoms with E-state index in [4.69, 9.17) is 0 Å². The number of rotatable bonds is 8. The fraction of sp³-hybridized carbons (Fsp3) is 0.160. The molecule has 0 radical (unpaired) electrons. The van der Waals surface area contributed by atoms with E-state index in [1.54, 1.807) is 13.1 Å². The van der Waals surface area contributed by atoms with Gasteiger partial charge >= 0.3 is 6.47 Å². The molecule has 3 rings (SSSR count). The van der Waals surface area contributed by atoms with E-state index in [1.165, 1.54) is 5.56 Å². The maximum Gasteiger partial charge on any atom is 0.323 e. The van der Waals surface area contributed by atoms with Gasteiger partial charge in [-0.3, -0.25) is 9.59 Å². The maximum atomic E-state index is 11.9. The summed E-state index contributed by atoms with van der Waals surface area (Å²) in [5.74, 6) is 0.115. The molecule has 0 heterocycles. The lowest BCUT2D eigenvalue weighted by Crippen LogP contribution is -2.07. The molecule has 1 unspecified atom stereocenters. The minimum atomic E-state index is 0.0491. The fourth-order valence-electron chi connectivity index (χ4n) is 3.38. The van der Waals surface area contributed by atoms with Crippen LogP contribution in [0.1, 0.15) is 51.0 Å². The highest BCUT2D eigenvalue weighted by molar-refractivity contribution is 5.94. The Kier molecular flexibility index (Phi) is 6.69. The zero-order chi connectivity index (χ0) is 20.6. The third-order valence-corrected chi connectivity index (χ3v) is 4.98. The van der Waals surface area contributed by atoms with Gasteiger partial charge in [0.2, 0.25) is 0 Å². The van der Waals surface area contributed by atoms with Gasteiger partial charge < -0.3 is 4.84 Å². The van der Waals surface area contributed by atoms with Crippen molar-refractivity contribution in [3.8, 4) is 0 Å². The van der Waals surface area contributed by atoms with Crippen molar-refractivity contribution in [1.29, 1.82) is 0 Å². The second kappa shape index (κ2) is 9.60. The summed E-state index contributed by atoms with van der Waals surface area (Å²) in [6, 6.07) is 24.3. The van der Waals surface area contributed by atoms with Crippen LogP contribution >= 0.6 is 0 Å². The van der Waals surface area contributed by atoms with E-state index in [9.17, 15) is 9.59 Å². The molecule has 0 spiro atoms. The van der Waals surface area contributed by atoms with Crippen LogP contribution in [0.4, 0.5) is 0 Å². The Morgan fingerprint density at radius 3 is 2.48 bits per heavy atom. The molecule has 0 saturated carbocycles. The van der Waals surface area contributed by atoms with Crippen molar-refractivity contribution in [2.45, 2.75) is 26.2 Å². The summed E-state index contributed by atoms with van der Waals surface area (Å²) >= 11 is 0. The molecule has 4 nitrogen and oxygen atoms in total. The predicted octanol–water partition coefficient (Wildman–Crippen LogP) is 5.08. The number of ketones is 1. The van der Waals surface area contributed by atoms with Crippen molar-refractivity contribution < 1.29 is 14.4 Å². The predicted molar refractivity (Wildman–Crippen MR) is 114 cm³/mol. The van der Waals surface area contributed by atoms with E-state index in [2.05, 4.69) is 40.3 Å². The number of carbonyl (C=O) groups excluding carboxylic acids is 2. The second-order valence-corrected chi connectivity index (χ2v) is 6.98. The zero-order valence-electron chi connectivity index (χ0n) is 16.5. The average Bonchev–Trinajstić information content (AvgIpc) is 2.74. The van der Waals surface area contributed by atoms with E-state index in [0.717, 1.165) is 28.7 Å². The summed E-state index contributed by atoms with van der Waals surface area (Å²) in [6.07, 6.45) is 2.34. The monoisotopic (exact) mass is 385 g/mol. The molecule has 0 saturated heterocycles. The van der Waals surface area contributed by atoms with Crippen LogP contribution in [-0.2, 0) is 16.1 Å². The van der Waals surface area contributed by atoms with Crippen molar-refractivity contribution in [1.82, 2.24) is 0 Å². The third kappa shape index (κ3) is 5.26. The molecule has 0 aliphatic carbocycles. The second-order valence-electron chi connectivity index (χ2n) is 6.98. The zero-order valence-corrected chi connectivity index (χ0v) is 16.5. The highest BCUT2D eigenvalue weighted by Crippen LogP contribution is 2.30. The molecular formula is C25H23NO3. The van der Waals surface area contributed by atoms with Crippen molar-refractivity contribution >= 4 is 18.5 Å². The van der Waals surface area contributed by atoms with Crippen molar-refractivity contribution in [2.75, 3.05) is 0 Å². The standard InChI is InChI=1S/C25H23NO3/c1-18-11-12-23(15-24(18)16-26-29-17-27)25(13-20-7-4-3-5-8-20)22-10-6-9-21(14-22)19(2)28/h3-12,14-17,25H,13H2,1-2H3/b26-16-. The van der Waals surface area contributed by atoms with Gasteiger partial charge in [0.25, 0.3) is 0 Å². The van der Waals surface area contributed by atoms with Gasteiger partial charge in [-0.25, -0.2) is 0 Å². The number of hydrogen-bond donors (Lipinski definition) is 0. The topological polar surface area (TPSA) is 55.7 Å². The quantitative estimate of drug-likeness (QED) is 0.179.